The quantitative estimate of drug-likeness (QED) is 0.522. The van der Waals surface area contributed by atoms with Crippen LogP contribution < -0.4 is 10.6 Å². The number of aliphatic hydroxyl groups is 1. The van der Waals surface area contributed by atoms with Gasteiger partial charge in [-0.15, -0.1) is 0 Å². The van der Waals surface area contributed by atoms with E-state index >= 15 is 0 Å². The molecule has 0 unspecified atom stereocenters. The summed E-state index contributed by atoms with van der Waals surface area (Å²) in [7, 11) is 0. The molecular weight excluding hydrogens is 406 g/mol. The number of hydrogen-bond acceptors (Lipinski definition) is 7. The number of halogens is 1. The van der Waals surface area contributed by atoms with Crippen molar-refractivity contribution in [3.8, 4) is 11.8 Å². The van der Waals surface area contributed by atoms with Crippen molar-refractivity contribution in [3.63, 3.8) is 0 Å². The Hall–Kier alpha value is -2.40. The molecule has 1 aliphatic rings. The molecule has 1 aliphatic carbocycles. The van der Waals surface area contributed by atoms with Crippen molar-refractivity contribution in [1.29, 1.82) is 0 Å². The lowest BCUT2D eigenvalue weighted by Crippen LogP contribution is -2.36. The Morgan fingerprint density at radius 2 is 2.10 bits per heavy atom. The van der Waals surface area contributed by atoms with E-state index in [0.717, 1.165) is 46.6 Å². The average Bonchev–Trinajstić information content (AvgIpc) is 3.13. The molecule has 1 saturated carbocycles. The number of rotatable bonds is 5. The Balaban J connectivity index is 1.50. The van der Waals surface area contributed by atoms with E-state index < -0.39 is 0 Å². The summed E-state index contributed by atoms with van der Waals surface area (Å²) in [6.07, 6.45) is 6.99. The average molecular weight is 428 g/mol. The summed E-state index contributed by atoms with van der Waals surface area (Å²) in [6.45, 7) is 2.29. The van der Waals surface area contributed by atoms with E-state index in [9.17, 15) is 5.11 Å². The van der Waals surface area contributed by atoms with Crippen molar-refractivity contribution in [2.75, 3.05) is 10.6 Å². The summed E-state index contributed by atoms with van der Waals surface area (Å²) < 4.78 is 0.940. The highest BCUT2D eigenvalue weighted by molar-refractivity contribution is 7.22. The maximum atomic E-state index is 10.2. The number of aromatic nitrogens is 3. The fourth-order valence-corrected chi connectivity index (χ4v) is 4.79. The van der Waals surface area contributed by atoms with Gasteiger partial charge in [-0.1, -0.05) is 47.8 Å². The number of thiazole rings is 1. The second-order valence-electron chi connectivity index (χ2n) is 7.03. The summed E-state index contributed by atoms with van der Waals surface area (Å²) in [5, 5.41) is 18.3. The van der Waals surface area contributed by atoms with E-state index in [1.54, 1.807) is 19.3 Å². The number of nitrogens with one attached hydrogen (secondary N) is 2. The van der Waals surface area contributed by atoms with E-state index in [1.165, 1.54) is 11.3 Å². The monoisotopic (exact) mass is 427 g/mol. The largest absolute Gasteiger partial charge is 0.391 e. The van der Waals surface area contributed by atoms with Crippen LogP contribution in [0.1, 0.15) is 43.9 Å². The van der Waals surface area contributed by atoms with Gasteiger partial charge in [0, 0.05) is 6.54 Å². The van der Waals surface area contributed by atoms with Gasteiger partial charge < -0.3 is 15.7 Å². The van der Waals surface area contributed by atoms with Gasteiger partial charge in [-0.05, 0) is 37.3 Å². The molecule has 4 rings (SSSR count). The minimum absolute atomic E-state index is 0.0568. The van der Waals surface area contributed by atoms with E-state index in [0.29, 0.717) is 23.1 Å². The predicted molar refractivity (Wildman–Crippen MR) is 118 cm³/mol. The summed E-state index contributed by atoms with van der Waals surface area (Å²) in [5.74, 6) is 6.37. The maximum absolute atomic E-state index is 10.2. The van der Waals surface area contributed by atoms with Crippen LogP contribution in [0.4, 0.5) is 10.9 Å². The van der Waals surface area contributed by atoms with Crippen LogP contribution in [0.15, 0.2) is 24.5 Å². The standard InChI is InChI=1S/C21H22ClN5OS/c1-2-5-14-11-23-12-18(25-14)24-10-13-8-9-16-20(19(13)22)29-21(27-16)26-15-6-3-4-7-17(15)28/h8-9,11-12,15,17,28H,3-4,6-7,10H2,1H3,(H,24,25)(H,26,27)/t15-,17-/m0/s1. The zero-order valence-corrected chi connectivity index (χ0v) is 17.6. The number of benzene rings is 1. The Bertz CT molecular complexity index is 1070. The highest BCUT2D eigenvalue weighted by Gasteiger charge is 2.24. The van der Waals surface area contributed by atoms with Gasteiger partial charge in [0.2, 0.25) is 0 Å². The molecule has 0 aliphatic heterocycles. The molecule has 3 aromatic rings. The molecule has 0 saturated heterocycles. The van der Waals surface area contributed by atoms with Gasteiger partial charge in [0.05, 0.1) is 39.8 Å². The molecule has 0 radical (unpaired) electrons. The Morgan fingerprint density at radius 1 is 1.24 bits per heavy atom. The molecule has 150 valence electrons. The van der Waals surface area contributed by atoms with Crippen LogP contribution in [-0.2, 0) is 6.54 Å². The fraction of sp³-hybridized carbons (Fsp3) is 0.381. The van der Waals surface area contributed by atoms with Gasteiger partial charge in [-0.25, -0.2) is 9.97 Å². The van der Waals surface area contributed by atoms with E-state index in [-0.39, 0.29) is 12.1 Å². The summed E-state index contributed by atoms with van der Waals surface area (Å²) in [4.78, 5) is 13.2. The van der Waals surface area contributed by atoms with Crippen LogP contribution in [0.2, 0.25) is 5.02 Å². The first kappa shape index (κ1) is 19.9. The summed E-state index contributed by atoms with van der Waals surface area (Å²) >= 11 is 8.19. The van der Waals surface area contributed by atoms with E-state index in [1.807, 2.05) is 12.1 Å². The van der Waals surface area contributed by atoms with Crippen molar-refractivity contribution in [2.24, 2.45) is 0 Å². The van der Waals surface area contributed by atoms with Crippen molar-refractivity contribution in [2.45, 2.75) is 51.3 Å². The van der Waals surface area contributed by atoms with Crippen molar-refractivity contribution >= 4 is 44.1 Å². The van der Waals surface area contributed by atoms with E-state index in [4.69, 9.17) is 11.6 Å². The third-order valence-corrected chi connectivity index (χ3v) is 6.53. The Labute approximate surface area is 178 Å². The molecule has 29 heavy (non-hydrogen) atoms. The SMILES string of the molecule is CC#Cc1cncc(NCc2ccc3nc(N[C@H]4CCCC[C@@H]4O)sc3c2Cl)n1. The molecule has 1 fully saturated rings. The first-order valence-electron chi connectivity index (χ1n) is 9.65. The topological polar surface area (TPSA) is 83.0 Å². The lowest BCUT2D eigenvalue weighted by molar-refractivity contribution is 0.116. The Morgan fingerprint density at radius 3 is 2.93 bits per heavy atom. The van der Waals surface area contributed by atoms with Gasteiger partial charge in [-0.3, -0.25) is 4.98 Å². The van der Waals surface area contributed by atoms with Gasteiger partial charge in [0.1, 0.15) is 11.5 Å². The lowest BCUT2D eigenvalue weighted by atomic mass is 9.93. The second-order valence-corrected chi connectivity index (χ2v) is 8.40. The second kappa shape index (κ2) is 8.95. The number of aliphatic hydroxyl groups excluding tert-OH is 1. The van der Waals surface area contributed by atoms with Crippen LogP contribution in [0.5, 0.6) is 0 Å². The molecule has 2 heterocycles. The van der Waals surface area contributed by atoms with Crippen molar-refractivity contribution in [3.05, 3.63) is 40.8 Å². The third-order valence-electron chi connectivity index (χ3n) is 4.96. The third kappa shape index (κ3) is 4.61. The van der Waals surface area contributed by atoms with Crippen LogP contribution in [0.25, 0.3) is 10.2 Å². The zero-order chi connectivity index (χ0) is 20.2. The maximum Gasteiger partial charge on any atom is 0.184 e. The van der Waals surface area contributed by atoms with Gasteiger partial charge >= 0.3 is 0 Å². The first-order valence-corrected chi connectivity index (χ1v) is 10.8. The molecule has 0 spiro atoms. The zero-order valence-electron chi connectivity index (χ0n) is 16.1. The molecule has 2 atom stereocenters. The molecule has 3 N–H and O–H groups in total. The lowest BCUT2D eigenvalue weighted by Gasteiger charge is -2.27. The minimum Gasteiger partial charge on any atom is -0.391 e. The van der Waals surface area contributed by atoms with Crippen LogP contribution in [0, 0.1) is 11.8 Å². The van der Waals surface area contributed by atoms with Crippen LogP contribution in [-0.4, -0.2) is 32.2 Å². The molecule has 6 nitrogen and oxygen atoms in total. The van der Waals surface area contributed by atoms with Crippen molar-refractivity contribution < 1.29 is 5.11 Å². The molecule has 8 heteroatoms. The van der Waals surface area contributed by atoms with Gasteiger partial charge in [0.25, 0.3) is 0 Å². The number of fused-ring (bicyclic) bond motifs is 1. The molecule has 1 aromatic carbocycles. The smallest absolute Gasteiger partial charge is 0.184 e. The summed E-state index contributed by atoms with van der Waals surface area (Å²) in [5.41, 5.74) is 2.44. The minimum atomic E-state index is -0.319. The normalized spacial score (nSPS) is 18.9. The number of nitrogens with zero attached hydrogens (tertiary/aromatic N) is 3. The molecule has 0 bridgehead atoms. The highest BCUT2D eigenvalue weighted by Crippen LogP contribution is 2.35. The molecule has 0 amide bonds. The van der Waals surface area contributed by atoms with Crippen LogP contribution in [0.3, 0.4) is 0 Å². The Kier molecular flexibility index (Phi) is 6.14. The highest BCUT2D eigenvalue weighted by atomic mass is 35.5. The number of hydrogen-bond donors (Lipinski definition) is 3. The molecular formula is C21H22ClN5OS. The fourth-order valence-electron chi connectivity index (χ4n) is 3.46. The summed E-state index contributed by atoms with van der Waals surface area (Å²) in [6, 6.07) is 4.00. The first-order chi connectivity index (χ1) is 14.1. The van der Waals surface area contributed by atoms with E-state index in [2.05, 4.69) is 37.4 Å². The van der Waals surface area contributed by atoms with Gasteiger partial charge in [-0.2, -0.15) is 0 Å². The number of anilines is 2. The van der Waals surface area contributed by atoms with Crippen molar-refractivity contribution in [1.82, 2.24) is 15.0 Å². The van der Waals surface area contributed by atoms with Crippen LogP contribution >= 0.6 is 22.9 Å². The molecule has 2 aromatic heterocycles. The predicted octanol–water partition coefficient (Wildman–Crippen LogP) is 4.44. The van der Waals surface area contributed by atoms with Gasteiger partial charge in [0.15, 0.2) is 5.13 Å².